The monoisotopic (exact) mass is 679 g/mol. The van der Waals surface area contributed by atoms with Crippen LogP contribution < -0.4 is 0 Å². The molecule has 5 aromatic rings. The van der Waals surface area contributed by atoms with E-state index < -0.39 is 8.32 Å². The summed E-state index contributed by atoms with van der Waals surface area (Å²) in [6.07, 6.45) is 2.05. The van der Waals surface area contributed by atoms with Gasteiger partial charge in [0.1, 0.15) is 0 Å². The fraction of sp³-hybridized carbons (Fsp3) is 0.206. The maximum absolute atomic E-state index is 6.81. The first-order valence-electron chi connectivity index (χ1n) is 12.7. The van der Waals surface area contributed by atoms with Gasteiger partial charge in [0.05, 0.1) is 6.10 Å². The Hall–Kier alpha value is -1.39. The molecule has 0 saturated heterocycles. The Labute approximate surface area is 271 Å². The van der Waals surface area contributed by atoms with Gasteiger partial charge in [0.15, 0.2) is 8.32 Å². The Morgan fingerprint density at radius 1 is 0.775 bits per heavy atom. The second-order valence-electron chi connectivity index (χ2n) is 10.5. The van der Waals surface area contributed by atoms with Crippen molar-refractivity contribution in [2.45, 2.75) is 45.5 Å². The average molecular weight is 682 g/mol. The second-order valence-corrected chi connectivity index (χ2v) is 14.9. The summed E-state index contributed by atoms with van der Waals surface area (Å²) in [5.41, 5.74) is 9.77. The number of hydrogen-bond acceptors (Lipinski definition) is 1. The van der Waals surface area contributed by atoms with Gasteiger partial charge in [-0.05, 0) is 49.2 Å². The van der Waals surface area contributed by atoms with Crippen molar-refractivity contribution in [2.24, 2.45) is 0 Å². The summed E-state index contributed by atoms with van der Waals surface area (Å²) in [5.74, 6) is 0. The quantitative estimate of drug-likeness (QED) is 0.130. The molecule has 0 aromatic heterocycles. The van der Waals surface area contributed by atoms with Gasteiger partial charge in [0.2, 0.25) is 0 Å². The van der Waals surface area contributed by atoms with Crippen LogP contribution in [0.2, 0.25) is 19.6 Å². The summed E-state index contributed by atoms with van der Waals surface area (Å²) in [5, 5.41) is 5.37. The van der Waals surface area contributed by atoms with Gasteiger partial charge in [-0.2, -0.15) is 0 Å². The molecule has 1 nitrogen and oxygen atoms in total. The molecule has 0 saturated carbocycles. The van der Waals surface area contributed by atoms with Crippen LogP contribution in [0.5, 0.6) is 0 Å². The van der Waals surface area contributed by atoms with Crippen LogP contribution in [0.15, 0.2) is 84.9 Å². The van der Waals surface area contributed by atoms with Gasteiger partial charge in [0, 0.05) is 0 Å². The van der Waals surface area contributed by atoms with Crippen LogP contribution in [0.3, 0.4) is 0 Å². The van der Waals surface area contributed by atoms with E-state index in [9.17, 15) is 0 Å². The third kappa shape index (κ3) is 6.64. The van der Waals surface area contributed by atoms with Crippen molar-refractivity contribution in [1.82, 2.24) is 0 Å². The van der Waals surface area contributed by atoms with E-state index in [2.05, 4.69) is 118 Å². The van der Waals surface area contributed by atoms with E-state index in [0.717, 1.165) is 12.8 Å². The predicted octanol–water partition coefficient (Wildman–Crippen LogP) is 10.6. The standard InChI is InChI=1S/C32H31OSi.2CH3.2ClH.Si.Zr/c1-5-30(33-34(2,3)4)28-19-18-25-22-13-7-6-12-21(22)20-29(25)32(28)31-26-16-10-8-14-23(26)24-15-9-11-17-27(24)31;;;;;;/h6-19,30H,5,20H2,1-4H3;2*1H3;2*1H;;/q3*-1;;;;. The molecule has 0 spiro atoms. The summed E-state index contributed by atoms with van der Waals surface area (Å²) in [6.45, 7) is 12.2. The first kappa shape index (κ1) is 36.6. The Kier molecular flexibility index (Phi) is 13.9. The Bertz CT molecular complexity index is 1520. The topological polar surface area (TPSA) is 9.23 Å². The number of hydrogen-bond donors (Lipinski definition) is 0. The first-order chi connectivity index (χ1) is 17.5. The van der Waals surface area contributed by atoms with Gasteiger partial charge < -0.3 is 19.3 Å². The molecule has 210 valence electrons. The summed E-state index contributed by atoms with van der Waals surface area (Å²) in [7, 11) is -1.73. The molecule has 1 aliphatic rings. The molecule has 1 unspecified atom stereocenters. The zero-order chi connectivity index (χ0) is 25.4. The van der Waals surface area contributed by atoms with Crippen molar-refractivity contribution in [3.63, 3.8) is 0 Å². The molecule has 0 amide bonds. The number of benzene rings is 4. The fourth-order valence-corrected chi connectivity index (χ4v) is 7.02. The molecule has 5 aromatic carbocycles. The van der Waals surface area contributed by atoms with Gasteiger partial charge in [0.25, 0.3) is 0 Å². The minimum absolute atomic E-state index is 0. The van der Waals surface area contributed by atoms with Crippen LogP contribution in [-0.2, 0) is 34.2 Å². The average Bonchev–Trinajstić information content (AvgIpc) is 3.43. The van der Waals surface area contributed by atoms with Crippen LogP contribution in [0.1, 0.15) is 36.1 Å². The molecule has 0 aliphatic heterocycles. The van der Waals surface area contributed by atoms with Crippen molar-refractivity contribution >= 4 is 61.6 Å². The van der Waals surface area contributed by atoms with Crippen LogP contribution in [-0.4, -0.2) is 15.2 Å². The number of halogens is 2. The normalized spacial score (nSPS) is 11.9. The second kappa shape index (κ2) is 15.2. The summed E-state index contributed by atoms with van der Waals surface area (Å²) in [4.78, 5) is 0. The van der Waals surface area contributed by atoms with E-state index in [1.165, 1.54) is 83.8 Å². The van der Waals surface area contributed by atoms with E-state index >= 15 is 0 Å². The molecule has 0 N–H and O–H groups in total. The van der Waals surface area contributed by atoms with Crippen LogP contribution >= 0.6 is 24.8 Å². The molecule has 0 fully saturated rings. The van der Waals surface area contributed by atoms with Gasteiger partial charge in [-0.15, -0.1) is 24.8 Å². The molecule has 1 atom stereocenters. The third-order valence-corrected chi connectivity index (χ3v) is 8.16. The fourth-order valence-electron chi connectivity index (χ4n) is 5.87. The van der Waals surface area contributed by atoms with Gasteiger partial charge in [-0.25, -0.2) is 0 Å². The van der Waals surface area contributed by atoms with Crippen molar-refractivity contribution in [3.8, 4) is 22.3 Å². The number of rotatable bonds is 5. The molecule has 0 bridgehead atoms. The zero-order valence-electron chi connectivity index (χ0n) is 24.3. The predicted molar refractivity (Wildman–Crippen MR) is 181 cm³/mol. The summed E-state index contributed by atoms with van der Waals surface area (Å²) >= 11 is 1.36. The van der Waals surface area contributed by atoms with Crippen molar-refractivity contribution in [2.75, 3.05) is 0 Å². The van der Waals surface area contributed by atoms with Crippen LogP contribution in [0, 0.1) is 14.9 Å². The molecule has 40 heavy (non-hydrogen) atoms. The maximum atomic E-state index is 6.81. The van der Waals surface area contributed by atoms with E-state index in [4.69, 9.17) is 4.43 Å². The molecule has 1 aliphatic carbocycles. The van der Waals surface area contributed by atoms with E-state index in [1.807, 2.05) is 0 Å². The van der Waals surface area contributed by atoms with E-state index in [0.29, 0.717) is 0 Å². The van der Waals surface area contributed by atoms with Crippen molar-refractivity contribution in [1.29, 1.82) is 0 Å². The van der Waals surface area contributed by atoms with Crippen LogP contribution in [0.4, 0.5) is 0 Å². The molecule has 2 radical (unpaired) electrons. The van der Waals surface area contributed by atoms with E-state index in [-0.39, 0.29) is 45.8 Å². The first-order valence-corrected chi connectivity index (χ1v) is 20.3. The Balaban J connectivity index is 0.00000131. The Morgan fingerprint density at radius 2 is 1.30 bits per heavy atom. The summed E-state index contributed by atoms with van der Waals surface area (Å²) < 4.78 is 6.81. The molecular weight excluding hydrogens is 643 g/mol. The van der Waals surface area contributed by atoms with Gasteiger partial charge >= 0.3 is 30.2 Å². The van der Waals surface area contributed by atoms with Crippen molar-refractivity contribution in [3.05, 3.63) is 116 Å². The zero-order valence-corrected chi connectivity index (χ0v) is 30.4. The van der Waals surface area contributed by atoms with Gasteiger partial charge in [-0.3, -0.25) is 0 Å². The van der Waals surface area contributed by atoms with E-state index in [1.54, 1.807) is 0 Å². The Morgan fingerprint density at radius 3 is 1.85 bits per heavy atom. The third-order valence-electron chi connectivity index (χ3n) is 7.17. The van der Waals surface area contributed by atoms with Crippen LogP contribution in [0.25, 0.3) is 43.8 Å². The molecule has 6 heteroatoms. The molecule has 6 rings (SSSR count). The minimum atomic E-state index is -1.73. The molecular formula is C34H39Cl2OSi2Zr-3. The van der Waals surface area contributed by atoms with Gasteiger partial charge in [-0.1, -0.05) is 136 Å². The summed E-state index contributed by atoms with van der Waals surface area (Å²) in [6, 6.07) is 31.4. The van der Waals surface area contributed by atoms with Crippen molar-refractivity contribution < 1.29 is 27.8 Å². The molecule has 0 heterocycles. The SMILES string of the molecule is CCC(O[Si](C)(C)C)c1ccc2c(c1-[c-]1c3ccccc3c3ccccc31)Cc1ccccc1-2.Cl.Cl.[CH3-].[CH3-].[Si]=[Zr]. The number of fused-ring (bicyclic) bond motifs is 6.